The molecular formula is C19H26ClFN2O. The van der Waals surface area contributed by atoms with Crippen LogP contribution in [0.25, 0.3) is 0 Å². The Balaban J connectivity index is 1.60. The molecule has 1 aromatic rings. The molecule has 2 atom stereocenters. The molecule has 0 unspecified atom stereocenters. The number of hydrogen-bond donors (Lipinski definition) is 2. The lowest BCUT2D eigenvalue weighted by Gasteiger charge is -2.40. The average molecular weight is 353 g/mol. The third kappa shape index (κ3) is 3.92. The van der Waals surface area contributed by atoms with Gasteiger partial charge in [-0.3, -0.25) is 4.79 Å². The van der Waals surface area contributed by atoms with Crippen LogP contribution in [-0.2, 0) is 0 Å². The molecule has 24 heavy (non-hydrogen) atoms. The van der Waals surface area contributed by atoms with E-state index in [0.717, 1.165) is 12.8 Å². The molecule has 5 heteroatoms. The largest absolute Gasteiger partial charge is 0.348 e. The van der Waals surface area contributed by atoms with E-state index in [1.54, 1.807) is 13.0 Å². The second-order valence-corrected chi connectivity index (χ2v) is 7.55. The van der Waals surface area contributed by atoms with Crippen LogP contribution in [0.4, 0.5) is 4.39 Å². The predicted octanol–water partition coefficient (Wildman–Crippen LogP) is 4.36. The molecule has 0 bridgehead atoms. The Kier molecular flexibility index (Phi) is 5.77. The molecule has 3 nitrogen and oxygen atoms in total. The first-order valence-electron chi connectivity index (χ1n) is 9.08. The smallest absolute Gasteiger partial charge is 0.256 e. The van der Waals surface area contributed by atoms with Crippen LogP contribution in [0.2, 0.25) is 5.02 Å². The molecule has 2 N–H and O–H groups in total. The van der Waals surface area contributed by atoms with Crippen LogP contribution in [-0.4, -0.2) is 24.0 Å². The number of halogens is 2. The van der Waals surface area contributed by atoms with Crippen molar-refractivity contribution in [2.45, 2.75) is 76.4 Å². The third-order valence-corrected chi connectivity index (χ3v) is 5.89. The molecule has 0 aromatic heterocycles. The van der Waals surface area contributed by atoms with Gasteiger partial charge in [0.15, 0.2) is 0 Å². The number of hydrogen-bond acceptors (Lipinski definition) is 2. The van der Waals surface area contributed by atoms with Gasteiger partial charge in [0.2, 0.25) is 0 Å². The molecule has 0 aliphatic heterocycles. The fourth-order valence-corrected chi connectivity index (χ4v) is 3.97. The van der Waals surface area contributed by atoms with Crippen molar-refractivity contribution in [2.75, 3.05) is 0 Å². The van der Waals surface area contributed by atoms with Crippen LogP contribution in [0.15, 0.2) is 12.1 Å². The molecule has 132 valence electrons. The molecule has 1 aromatic carbocycles. The summed E-state index contributed by atoms with van der Waals surface area (Å²) in [6.07, 6.45) is 9.65. The van der Waals surface area contributed by atoms with Crippen molar-refractivity contribution in [3.05, 3.63) is 34.1 Å². The van der Waals surface area contributed by atoms with Crippen molar-refractivity contribution < 1.29 is 9.18 Å². The maximum Gasteiger partial charge on any atom is 0.256 e. The lowest BCUT2D eigenvalue weighted by atomic mass is 9.85. The van der Waals surface area contributed by atoms with Crippen LogP contribution in [0.3, 0.4) is 0 Å². The molecule has 2 fully saturated rings. The summed E-state index contributed by atoms with van der Waals surface area (Å²) < 4.78 is 14.0. The first-order chi connectivity index (χ1) is 11.6. The number of amides is 1. The van der Waals surface area contributed by atoms with Crippen molar-refractivity contribution in [1.82, 2.24) is 10.6 Å². The van der Waals surface area contributed by atoms with Crippen LogP contribution >= 0.6 is 11.6 Å². The predicted molar refractivity (Wildman–Crippen MR) is 95.0 cm³/mol. The summed E-state index contributed by atoms with van der Waals surface area (Å²) in [5.74, 6) is -0.964. The highest BCUT2D eigenvalue weighted by atomic mass is 35.5. The van der Waals surface area contributed by atoms with Crippen molar-refractivity contribution in [3.63, 3.8) is 0 Å². The Morgan fingerprint density at radius 1 is 1.08 bits per heavy atom. The third-order valence-electron chi connectivity index (χ3n) is 5.41. The van der Waals surface area contributed by atoms with E-state index >= 15 is 0 Å². The summed E-state index contributed by atoms with van der Waals surface area (Å²) in [5, 5.41) is 6.88. The minimum Gasteiger partial charge on any atom is -0.348 e. The molecule has 0 spiro atoms. The molecule has 1 amide bonds. The average Bonchev–Trinajstić information content (AvgIpc) is 2.82. The molecule has 2 aliphatic rings. The molecule has 0 heterocycles. The van der Waals surface area contributed by atoms with E-state index in [2.05, 4.69) is 10.6 Å². The number of rotatable bonds is 4. The summed E-state index contributed by atoms with van der Waals surface area (Å²) >= 11 is 6.13. The summed E-state index contributed by atoms with van der Waals surface area (Å²) in [5.41, 5.74) is 0.682. The highest BCUT2D eigenvalue weighted by Crippen LogP contribution is 2.27. The van der Waals surface area contributed by atoms with Gasteiger partial charge >= 0.3 is 0 Å². The minimum absolute atomic E-state index is 0.0308. The van der Waals surface area contributed by atoms with Crippen LogP contribution < -0.4 is 10.6 Å². The Labute approximate surface area is 148 Å². The first kappa shape index (κ1) is 17.7. The van der Waals surface area contributed by atoms with E-state index in [-0.39, 0.29) is 16.6 Å². The van der Waals surface area contributed by atoms with E-state index in [4.69, 9.17) is 11.6 Å². The van der Waals surface area contributed by atoms with Crippen molar-refractivity contribution in [2.24, 2.45) is 0 Å². The van der Waals surface area contributed by atoms with Crippen LogP contribution in [0.1, 0.15) is 67.3 Å². The van der Waals surface area contributed by atoms with E-state index in [9.17, 15) is 9.18 Å². The fourth-order valence-electron chi connectivity index (χ4n) is 3.73. The minimum atomic E-state index is -0.560. The fraction of sp³-hybridized carbons (Fsp3) is 0.632. The maximum atomic E-state index is 14.0. The number of carbonyl (C=O) groups excluding carboxylic acids is 1. The number of carbonyl (C=O) groups is 1. The van der Waals surface area contributed by atoms with E-state index in [1.807, 2.05) is 0 Å². The highest BCUT2D eigenvalue weighted by Gasteiger charge is 2.34. The van der Waals surface area contributed by atoms with Gasteiger partial charge in [0.25, 0.3) is 5.91 Å². The zero-order valence-corrected chi connectivity index (χ0v) is 15.0. The van der Waals surface area contributed by atoms with E-state index < -0.39 is 11.7 Å². The van der Waals surface area contributed by atoms with Gasteiger partial charge in [-0.15, -0.1) is 0 Å². The van der Waals surface area contributed by atoms with Crippen LogP contribution in [0.5, 0.6) is 0 Å². The normalized spacial score (nSPS) is 25.0. The number of benzene rings is 1. The number of nitrogens with one attached hydrogen (secondary N) is 2. The molecule has 2 aliphatic carbocycles. The lowest BCUT2D eigenvalue weighted by Crippen LogP contribution is -2.59. The van der Waals surface area contributed by atoms with Crippen molar-refractivity contribution >= 4 is 17.5 Å². The SMILES string of the molecule is Cc1ccc(F)c(C(=O)N[C@H]2CC[C@H]2NC2CCCCCC2)c1Cl. The zero-order valence-electron chi connectivity index (χ0n) is 14.2. The topological polar surface area (TPSA) is 41.1 Å². The Morgan fingerprint density at radius 3 is 2.38 bits per heavy atom. The molecular weight excluding hydrogens is 327 g/mol. The summed E-state index contributed by atoms with van der Waals surface area (Å²) in [4.78, 5) is 12.5. The van der Waals surface area contributed by atoms with Gasteiger partial charge in [-0.1, -0.05) is 43.4 Å². The van der Waals surface area contributed by atoms with Gasteiger partial charge < -0.3 is 10.6 Å². The molecule has 2 saturated carbocycles. The summed E-state index contributed by atoms with van der Waals surface area (Å²) in [6.45, 7) is 1.78. The maximum absolute atomic E-state index is 14.0. The van der Waals surface area contributed by atoms with Gasteiger partial charge in [-0.25, -0.2) is 4.39 Å². The first-order valence-corrected chi connectivity index (χ1v) is 9.45. The quantitative estimate of drug-likeness (QED) is 0.790. The van der Waals surface area contributed by atoms with Gasteiger partial charge in [0, 0.05) is 18.1 Å². The Morgan fingerprint density at radius 2 is 1.75 bits per heavy atom. The molecule has 3 rings (SSSR count). The summed E-state index contributed by atoms with van der Waals surface area (Å²) in [7, 11) is 0. The highest BCUT2D eigenvalue weighted by molar-refractivity contribution is 6.34. The van der Waals surface area contributed by atoms with Crippen molar-refractivity contribution in [3.8, 4) is 0 Å². The van der Waals surface area contributed by atoms with E-state index in [0.29, 0.717) is 17.6 Å². The van der Waals surface area contributed by atoms with Gasteiger partial charge in [0.05, 0.1) is 10.6 Å². The number of aryl methyl sites for hydroxylation is 1. The lowest BCUT2D eigenvalue weighted by molar-refractivity contribution is 0.0883. The second-order valence-electron chi connectivity index (χ2n) is 7.17. The summed E-state index contributed by atoms with van der Waals surface area (Å²) in [6, 6.07) is 3.81. The molecule has 0 radical (unpaired) electrons. The van der Waals surface area contributed by atoms with Crippen LogP contribution in [0, 0.1) is 12.7 Å². The van der Waals surface area contributed by atoms with Gasteiger partial charge in [-0.2, -0.15) is 0 Å². The monoisotopic (exact) mass is 352 g/mol. The Hall–Kier alpha value is -1.13. The van der Waals surface area contributed by atoms with E-state index in [1.165, 1.54) is 44.6 Å². The van der Waals surface area contributed by atoms with Gasteiger partial charge in [0.1, 0.15) is 5.82 Å². The van der Waals surface area contributed by atoms with Crippen molar-refractivity contribution in [1.29, 1.82) is 0 Å². The zero-order chi connectivity index (χ0) is 17.1. The second kappa shape index (κ2) is 7.83. The Bertz CT molecular complexity index is 599. The molecule has 0 saturated heterocycles. The standard InChI is InChI=1S/C19H26ClFN2O/c1-12-8-9-14(21)17(18(12)20)19(24)23-16-11-10-15(16)22-13-6-4-2-3-5-7-13/h8-9,13,15-16,22H,2-7,10-11H2,1H3,(H,23,24)/t15-,16+/m1/s1. The van der Waals surface area contributed by atoms with Gasteiger partial charge in [-0.05, 0) is 44.2 Å².